The van der Waals surface area contributed by atoms with Crippen molar-refractivity contribution in [2.75, 3.05) is 0 Å². The molecule has 0 spiro atoms. The van der Waals surface area contributed by atoms with Crippen molar-refractivity contribution in [3.8, 4) is 0 Å². The number of benzene rings is 4. The fourth-order valence-electron chi connectivity index (χ4n) is 5.56. The zero-order chi connectivity index (χ0) is 28.7. The maximum Gasteiger partial charge on any atom is 0.264 e. The molecule has 1 atom stereocenters. The number of nitrogens with one attached hydrogen (secondary N) is 2. The van der Waals surface area contributed by atoms with Crippen molar-refractivity contribution in [2.45, 2.75) is 25.2 Å². The number of hydrogen-bond acceptors (Lipinski definition) is 4. The van der Waals surface area contributed by atoms with Crippen LogP contribution in [0.2, 0.25) is 0 Å². The highest BCUT2D eigenvalue weighted by molar-refractivity contribution is 6.10. The third kappa shape index (κ3) is 4.51. The molecule has 4 N–H and O–H groups in total. The quantitative estimate of drug-likeness (QED) is 0.339. The first-order valence-corrected chi connectivity index (χ1v) is 13.1. The van der Waals surface area contributed by atoms with Crippen molar-refractivity contribution in [3.05, 3.63) is 142 Å². The first kappa shape index (κ1) is 25.9. The molecule has 3 amide bonds. The molecule has 0 bridgehead atoms. The molecule has 0 radical (unpaired) electrons. The Hall–Kier alpha value is -5.31. The smallest absolute Gasteiger partial charge is 0.264 e. The molecule has 0 saturated carbocycles. The van der Waals surface area contributed by atoms with Gasteiger partial charge in [-0.1, -0.05) is 60.7 Å². The number of carbonyl (C=O) groups excluding carboxylic acids is 3. The molecule has 1 fully saturated rings. The van der Waals surface area contributed by atoms with E-state index in [-0.39, 0.29) is 24.0 Å². The van der Waals surface area contributed by atoms with E-state index in [2.05, 4.69) is 5.32 Å². The lowest BCUT2D eigenvalue weighted by molar-refractivity contribution is -0.130. The minimum Gasteiger partial charge on any atom is -0.366 e. The number of rotatable bonds is 6. The Morgan fingerprint density at radius 1 is 0.854 bits per heavy atom. The molecule has 1 unspecified atom stereocenters. The van der Waals surface area contributed by atoms with Gasteiger partial charge in [-0.2, -0.15) is 0 Å². The van der Waals surface area contributed by atoms with Gasteiger partial charge >= 0.3 is 0 Å². The van der Waals surface area contributed by atoms with Crippen LogP contribution in [0.3, 0.4) is 0 Å². The standard InChI is InChI=1S/C32H26FN5O3/c33-27-13-11-25(12-14-27)32(26-10-4-8-21(16-26)28(34)39)30(41)38(31(35)36-32)17-20-5-3-9-22(15-20)29(40)37-18-23-6-1-2-7-24(23)19-37/h1-16H,17-19H2,(H2,34,39)(H2,35,36). The van der Waals surface area contributed by atoms with Gasteiger partial charge in [0.05, 0.1) is 6.54 Å². The number of nitrogens with two attached hydrogens (primary N) is 1. The van der Waals surface area contributed by atoms with Gasteiger partial charge in [0.2, 0.25) is 5.91 Å². The SMILES string of the molecule is N=C1NC(c2ccc(F)cc2)(c2cccc(C(N)=O)c2)C(=O)N1Cc1cccc(C(=O)N2Cc3ccccc3C2)c1. The molecule has 0 aliphatic carbocycles. The molecule has 41 heavy (non-hydrogen) atoms. The number of primary amides is 1. The first-order chi connectivity index (χ1) is 19.8. The Kier molecular flexibility index (Phi) is 6.34. The summed E-state index contributed by atoms with van der Waals surface area (Å²) in [5, 5.41) is 11.7. The maximum atomic E-state index is 14.2. The monoisotopic (exact) mass is 547 g/mol. The summed E-state index contributed by atoms with van der Waals surface area (Å²) in [6, 6.07) is 26.7. The lowest BCUT2D eigenvalue weighted by Gasteiger charge is -2.28. The van der Waals surface area contributed by atoms with E-state index in [9.17, 15) is 18.8 Å². The van der Waals surface area contributed by atoms with E-state index in [1.165, 1.54) is 41.3 Å². The van der Waals surface area contributed by atoms with Gasteiger partial charge in [-0.25, -0.2) is 4.39 Å². The third-order valence-corrected chi connectivity index (χ3v) is 7.64. The van der Waals surface area contributed by atoms with Crippen LogP contribution >= 0.6 is 0 Å². The largest absolute Gasteiger partial charge is 0.366 e. The topological polar surface area (TPSA) is 120 Å². The van der Waals surface area contributed by atoms with Gasteiger partial charge in [-0.15, -0.1) is 0 Å². The molecular formula is C32H26FN5O3. The molecule has 2 heterocycles. The molecule has 2 aliphatic rings. The van der Waals surface area contributed by atoms with Crippen LogP contribution in [0.4, 0.5) is 4.39 Å². The Morgan fingerprint density at radius 3 is 2.20 bits per heavy atom. The van der Waals surface area contributed by atoms with E-state index >= 15 is 0 Å². The highest BCUT2D eigenvalue weighted by atomic mass is 19.1. The van der Waals surface area contributed by atoms with Crippen LogP contribution in [-0.4, -0.2) is 33.5 Å². The number of guanidine groups is 1. The highest BCUT2D eigenvalue weighted by Crippen LogP contribution is 2.37. The van der Waals surface area contributed by atoms with Gasteiger partial charge in [-0.05, 0) is 64.2 Å². The Bertz CT molecular complexity index is 1700. The van der Waals surface area contributed by atoms with Crippen LogP contribution in [0.1, 0.15) is 48.5 Å². The van der Waals surface area contributed by atoms with Gasteiger partial charge < -0.3 is 16.0 Å². The summed E-state index contributed by atoms with van der Waals surface area (Å²) in [5.74, 6) is -1.92. The molecule has 1 saturated heterocycles. The summed E-state index contributed by atoms with van der Waals surface area (Å²) in [6.45, 7) is 1.08. The average Bonchev–Trinajstić information content (AvgIpc) is 3.53. The molecule has 0 aromatic heterocycles. The predicted octanol–water partition coefficient (Wildman–Crippen LogP) is 3.89. The zero-order valence-electron chi connectivity index (χ0n) is 21.9. The number of fused-ring (bicyclic) bond motifs is 1. The molecule has 2 aliphatic heterocycles. The van der Waals surface area contributed by atoms with Crippen LogP contribution in [-0.2, 0) is 30.0 Å². The third-order valence-electron chi connectivity index (χ3n) is 7.64. The summed E-state index contributed by atoms with van der Waals surface area (Å²) in [7, 11) is 0. The van der Waals surface area contributed by atoms with Crippen molar-refractivity contribution in [3.63, 3.8) is 0 Å². The summed E-state index contributed by atoms with van der Waals surface area (Å²) in [5.41, 5.74) is 8.28. The summed E-state index contributed by atoms with van der Waals surface area (Å²) >= 11 is 0. The molecule has 6 rings (SSSR count). The maximum absolute atomic E-state index is 14.2. The van der Waals surface area contributed by atoms with E-state index < -0.39 is 23.2 Å². The lowest BCUT2D eigenvalue weighted by atomic mass is 9.82. The minimum absolute atomic E-state index is 0.0183. The molecule has 204 valence electrons. The van der Waals surface area contributed by atoms with Gasteiger partial charge in [-0.3, -0.25) is 24.7 Å². The van der Waals surface area contributed by atoms with E-state index in [0.717, 1.165) is 11.1 Å². The van der Waals surface area contributed by atoms with Gasteiger partial charge in [0.25, 0.3) is 11.8 Å². The van der Waals surface area contributed by atoms with E-state index in [1.807, 2.05) is 24.3 Å². The molecular weight excluding hydrogens is 521 g/mol. The zero-order valence-corrected chi connectivity index (χ0v) is 21.9. The van der Waals surface area contributed by atoms with E-state index in [4.69, 9.17) is 11.1 Å². The first-order valence-electron chi connectivity index (χ1n) is 13.1. The number of carbonyl (C=O) groups is 3. The van der Waals surface area contributed by atoms with Crippen molar-refractivity contribution < 1.29 is 18.8 Å². The van der Waals surface area contributed by atoms with Gasteiger partial charge in [0.15, 0.2) is 11.5 Å². The number of halogens is 1. The van der Waals surface area contributed by atoms with Crippen molar-refractivity contribution >= 4 is 23.7 Å². The summed E-state index contributed by atoms with van der Waals surface area (Å²) in [4.78, 5) is 42.5. The molecule has 8 nitrogen and oxygen atoms in total. The van der Waals surface area contributed by atoms with Crippen molar-refractivity contribution in [1.29, 1.82) is 5.41 Å². The molecule has 9 heteroatoms. The normalized spacial score (nSPS) is 17.9. The van der Waals surface area contributed by atoms with Crippen LogP contribution in [0.5, 0.6) is 0 Å². The highest BCUT2D eigenvalue weighted by Gasteiger charge is 2.52. The lowest BCUT2D eigenvalue weighted by Crippen LogP contribution is -2.45. The predicted molar refractivity (Wildman–Crippen MR) is 150 cm³/mol. The van der Waals surface area contributed by atoms with Crippen LogP contribution in [0.15, 0.2) is 97.1 Å². The second kappa shape index (κ2) is 10.0. The molecule has 4 aromatic carbocycles. The minimum atomic E-state index is -1.59. The summed E-state index contributed by atoms with van der Waals surface area (Å²) < 4.78 is 13.9. The van der Waals surface area contributed by atoms with Gasteiger partial charge in [0, 0.05) is 24.2 Å². The Morgan fingerprint density at radius 2 is 1.51 bits per heavy atom. The number of amides is 3. The van der Waals surface area contributed by atoms with E-state index in [0.29, 0.717) is 35.3 Å². The Labute approximate surface area is 235 Å². The van der Waals surface area contributed by atoms with Crippen LogP contribution in [0.25, 0.3) is 0 Å². The fourth-order valence-corrected chi connectivity index (χ4v) is 5.56. The van der Waals surface area contributed by atoms with Crippen LogP contribution < -0.4 is 11.1 Å². The second-order valence-electron chi connectivity index (χ2n) is 10.2. The van der Waals surface area contributed by atoms with Crippen molar-refractivity contribution in [1.82, 2.24) is 15.1 Å². The second-order valence-corrected chi connectivity index (χ2v) is 10.2. The van der Waals surface area contributed by atoms with Crippen LogP contribution in [0, 0.1) is 11.2 Å². The fraction of sp³-hybridized carbons (Fsp3) is 0.125. The molecule has 4 aromatic rings. The van der Waals surface area contributed by atoms with E-state index in [1.54, 1.807) is 41.3 Å². The van der Waals surface area contributed by atoms with Gasteiger partial charge in [0.1, 0.15) is 5.82 Å². The number of hydrogen-bond donors (Lipinski definition) is 3. The Balaban J connectivity index is 1.31. The summed E-state index contributed by atoms with van der Waals surface area (Å²) in [6.07, 6.45) is 0. The average molecular weight is 548 g/mol. The number of nitrogens with zero attached hydrogens (tertiary/aromatic N) is 2. The van der Waals surface area contributed by atoms with Crippen molar-refractivity contribution in [2.24, 2.45) is 5.73 Å².